The summed E-state index contributed by atoms with van der Waals surface area (Å²) in [5, 5.41) is 10.8. The van der Waals surface area contributed by atoms with Gasteiger partial charge < -0.3 is 0 Å². The molecule has 84 valence electrons. The predicted octanol–water partition coefficient (Wildman–Crippen LogP) is 4.41. The Morgan fingerprint density at radius 2 is 2.06 bits per heavy atom. The van der Waals surface area contributed by atoms with Gasteiger partial charge in [0.2, 0.25) is 0 Å². The van der Waals surface area contributed by atoms with Crippen molar-refractivity contribution in [3.05, 3.63) is 52.1 Å². The van der Waals surface area contributed by atoms with Gasteiger partial charge in [-0.05, 0) is 30.3 Å². The molecule has 0 N–H and O–H groups in total. The Labute approximate surface area is 113 Å². The molecule has 0 radical (unpaired) electrons. The molecule has 2 rings (SSSR count). The Kier molecular flexibility index (Phi) is 3.90. The predicted molar refractivity (Wildman–Crippen MR) is 69.5 cm³/mol. The van der Waals surface area contributed by atoms with Gasteiger partial charge in [0.25, 0.3) is 0 Å². The third-order valence-electron chi connectivity index (χ3n) is 1.99. The molecule has 0 fully saturated rings. The monoisotopic (exact) mass is 280 g/mol. The molecule has 0 amide bonds. The summed E-state index contributed by atoms with van der Waals surface area (Å²) in [5.74, 6) is 0. The van der Waals surface area contributed by atoms with Gasteiger partial charge in [-0.2, -0.15) is 5.26 Å². The van der Waals surface area contributed by atoms with E-state index in [1.54, 1.807) is 36.5 Å². The molecule has 0 saturated heterocycles. The number of benzene rings is 1. The maximum atomic E-state index is 9.01. The fraction of sp³-hybridized carbons (Fsp3) is 0. The summed E-state index contributed by atoms with van der Waals surface area (Å²) in [6, 6.07) is 10.8. The molecule has 0 aliphatic heterocycles. The van der Waals surface area contributed by atoms with E-state index in [9.17, 15) is 0 Å². The molecular weight excluding hydrogens is 275 g/mol. The molecule has 2 nitrogen and oxygen atoms in total. The van der Waals surface area contributed by atoms with E-state index in [1.807, 2.05) is 0 Å². The van der Waals surface area contributed by atoms with Crippen LogP contribution in [0.1, 0.15) is 5.56 Å². The second-order valence-electron chi connectivity index (χ2n) is 3.14. The number of aromatic nitrogens is 1. The highest BCUT2D eigenvalue weighted by atomic mass is 35.5. The van der Waals surface area contributed by atoms with Crippen molar-refractivity contribution in [1.29, 1.82) is 5.26 Å². The maximum absolute atomic E-state index is 9.01. The van der Waals surface area contributed by atoms with E-state index in [-0.39, 0.29) is 0 Å². The van der Waals surface area contributed by atoms with Gasteiger partial charge in [-0.15, -0.1) is 0 Å². The molecule has 0 aliphatic carbocycles. The zero-order valence-electron chi connectivity index (χ0n) is 8.52. The molecule has 17 heavy (non-hydrogen) atoms. The van der Waals surface area contributed by atoms with Crippen molar-refractivity contribution >= 4 is 35.0 Å². The van der Waals surface area contributed by atoms with Crippen LogP contribution >= 0.6 is 35.0 Å². The molecule has 1 aromatic carbocycles. The second kappa shape index (κ2) is 5.42. The minimum atomic E-state index is 0.518. The van der Waals surface area contributed by atoms with Crippen molar-refractivity contribution in [2.24, 2.45) is 0 Å². The molecule has 5 heteroatoms. The van der Waals surface area contributed by atoms with Crippen LogP contribution in [0, 0.1) is 11.3 Å². The molecule has 1 aromatic heterocycles. The number of pyridine rings is 1. The Bertz CT molecular complexity index is 593. The Hall–Kier alpha value is -1.21. The fourth-order valence-corrected chi connectivity index (χ4v) is 2.48. The molecule has 0 unspecified atom stereocenters. The minimum Gasteiger partial charge on any atom is -0.248 e. The minimum absolute atomic E-state index is 0.518. The number of hydrogen-bond acceptors (Lipinski definition) is 3. The second-order valence-corrected chi connectivity index (χ2v) is 5.02. The smallest absolute Gasteiger partial charge is 0.119 e. The highest BCUT2D eigenvalue weighted by Crippen LogP contribution is 2.34. The average Bonchev–Trinajstić information content (AvgIpc) is 2.34. The van der Waals surface area contributed by atoms with Gasteiger partial charge in [-0.1, -0.05) is 35.0 Å². The van der Waals surface area contributed by atoms with Gasteiger partial charge >= 0.3 is 0 Å². The lowest BCUT2D eigenvalue weighted by Crippen LogP contribution is -1.84. The van der Waals surface area contributed by atoms with Gasteiger partial charge in [0.05, 0.1) is 10.6 Å². The van der Waals surface area contributed by atoms with Crippen LogP contribution in [-0.4, -0.2) is 4.98 Å². The lowest BCUT2D eigenvalue weighted by Gasteiger charge is -2.04. The first-order chi connectivity index (χ1) is 8.20. The molecule has 0 saturated carbocycles. The Balaban J connectivity index is 2.37. The molecule has 2 aromatic rings. The lowest BCUT2D eigenvalue weighted by atomic mass is 10.2. The number of hydrogen-bond donors (Lipinski definition) is 0. The van der Waals surface area contributed by atoms with E-state index >= 15 is 0 Å². The highest BCUT2D eigenvalue weighted by Gasteiger charge is 2.08. The summed E-state index contributed by atoms with van der Waals surface area (Å²) in [6.07, 6.45) is 1.66. The van der Waals surface area contributed by atoms with Gasteiger partial charge in [0.1, 0.15) is 11.1 Å². The maximum Gasteiger partial charge on any atom is 0.119 e. The molecule has 0 bridgehead atoms. The van der Waals surface area contributed by atoms with Crippen LogP contribution in [0.5, 0.6) is 0 Å². The van der Waals surface area contributed by atoms with Crippen LogP contribution in [0.3, 0.4) is 0 Å². The van der Waals surface area contributed by atoms with Crippen molar-refractivity contribution in [1.82, 2.24) is 4.98 Å². The summed E-state index contributed by atoms with van der Waals surface area (Å²) in [5.41, 5.74) is 0.518. The zero-order chi connectivity index (χ0) is 12.3. The fourth-order valence-electron chi connectivity index (χ4n) is 1.23. The first-order valence-corrected chi connectivity index (χ1v) is 6.26. The van der Waals surface area contributed by atoms with E-state index in [0.29, 0.717) is 20.6 Å². The number of rotatable bonds is 2. The third kappa shape index (κ3) is 2.92. The van der Waals surface area contributed by atoms with Gasteiger partial charge in [0.15, 0.2) is 0 Å². The van der Waals surface area contributed by atoms with Crippen molar-refractivity contribution in [2.75, 3.05) is 0 Å². The van der Waals surface area contributed by atoms with Gasteiger partial charge in [-0.3, -0.25) is 0 Å². The van der Waals surface area contributed by atoms with E-state index in [4.69, 9.17) is 28.5 Å². The average molecular weight is 281 g/mol. The van der Waals surface area contributed by atoms with Crippen molar-refractivity contribution in [3.63, 3.8) is 0 Å². The van der Waals surface area contributed by atoms with Crippen LogP contribution in [0.2, 0.25) is 10.0 Å². The third-order valence-corrected chi connectivity index (χ3v) is 3.74. The summed E-state index contributed by atoms with van der Waals surface area (Å²) in [7, 11) is 0. The lowest BCUT2D eigenvalue weighted by molar-refractivity contribution is 1.13. The molecule has 0 atom stereocenters. The summed E-state index contributed by atoms with van der Waals surface area (Å²) in [6.45, 7) is 0. The van der Waals surface area contributed by atoms with Crippen LogP contribution in [-0.2, 0) is 0 Å². The number of nitrogens with zero attached hydrogens (tertiary/aromatic N) is 2. The molecule has 0 spiro atoms. The number of nitriles is 1. The number of halogens is 2. The largest absolute Gasteiger partial charge is 0.248 e. The van der Waals surface area contributed by atoms with Crippen LogP contribution < -0.4 is 0 Å². The Morgan fingerprint density at radius 3 is 2.76 bits per heavy atom. The normalized spacial score (nSPS) is 9.94. The van der Waals surface area contributed by atoms with Crippen LogP contribution in [0.4, 0.5) is 0 Å². The SMILES string of the molecule is N#Cc1cc(Cl)ccc1Sc1ncccc1Cl. The molecule has 1 heterocycles. The van der Waals surface area contributed by atoms with E-state index in [2.05, 4.69) is 11.1 Å². The first kappa shape index (κ1) is 12.3. The summed E-state index contributed by atoms with van der Waals surface area (Å²) >= 11 is 13.2. The van der Waals surface area contributed by atoms with Gasteiger partial charge in [0, 0.05) is 16.1 Å². The van der Waals surface area contributed by atoms with Crippen molar-refractivity contribution < 1.29 is 0 Å². The Morgan fingerprint density at radius 1 is 1.24 bits per heavy atom. The zero-order valence-corrected chi connectivity index (χ0v) is 10.9. The van der Waals surface area contributed by atoms with Gasteiger partial charge in [-0.25, -0.2) is 4.98 Å². The van der Waals surface area contributed by atoms with Crippen LogP contribution in [0.15, 0.2) is 46.5 Å². The van der Waals surface area contributed by atoms with E-state index in [1.165, 1.54) is 11.8 Å². The van der Waals surface area contributed by atoms with Crippen molar-refractivity contribution in [2.45, 2.75) is 9.92 Å². The van der Waals surface area contributed by atoms with E-state index in [0.717, 1.165) is 4.90 Å². The molecular formula is C12H6Cl2N2S. The topological polar surface area (TPSA) is 36.7 Å². The summed E-state index contributed by atoms with van der Waals surface area (Å²) in [4.78, 5) is 4.95. The molecule has 0 aliphatic rings. The standard InChI is InChI=1S/C12H6Cl2N2S/c13-9-3-4-11(8(6-9)7-15)17-12-10(14)2-1-5-16-12/h1-6H. The first-order valence-electron chi connectivity index (χ1n) is 4.69. The summed E-state index contributed by atoms with van der Waals surface area (Å²) < 4.78 is 0. The highest BCUT2D eigenvalue weighted by molar-refractivity contribution is 7.99. The van der Waals surface area contributed by atoms with E-state index < -0.39 is 0 Å². The van der Waals surface area contributed by atoms with Crippen molar-refractivity contribution in [3.8, 4) is 6.07 Å². The van der Waals surface area contributed by atoms with Crippen LogP contribution in [0.25, 0.3) is 0 Å². The quantitative estimate of drug-likeness (QED) is 0.818.